The summed E-state index contributed by atoms with van der Waals surface area (Å²) in [5.74, 6) is 0. The molecule has 24 heavy (non-hydrogen) atoms. The van der Waals surface area contributed by atoms with Gasteiger partial charge in [0.05, 0.1) is 6.61 Å². The van der Waals surface area contributed by atoms with E-state index >= 15 is 0 Å². The summed E-state index contributed by atoms with van der Waals surface area (Å²) in [6, 6.07) is 0.161. The van der Waals surface area contributed by atoms with Crippen molar-refractivity contribution in [3.8, 4) is 0 Å². The van der Waals surface area contributed by atoms with Gasteiger partial charge in [0.1, 0.15) is 0 Å². The number of urea groups is 1. The minimum absolute atomic E-state index is 0.161. The van der Waals surface area contributed by atoms with E-state index in [9.17, 15) is 9.59 Å². The predicted molar refractivity (Wildman–Crippen MR) is 92.1 cm³/mol. The summed E-state index contributed by atoms with van der Waals surface area (Å²) in [5, 5.41) is 6.04. The molecule has 3 amide bonds. The molecule has 0 aliphatic carbocycles. The van der Waals surface area contributed by atoms with Crippen LogP contribution in [0.15, 0.2) is 0 Å². The lowest BCUT2D eigenvalue weighted by Gasteiger charge is -2.38. The summed E-state index contributed by atoms with van der Waals surface area (Å²) in [4.78, 5) is 30.0. The Hall–Kier alpha value is -1.54. The monoisotopic (exact) mass is 341 g/mol. The summed E-state index contributed by atoms with van der Waals surface area (Å²) in [6.07, 6.45) is 1.58. The number of nitrogens with zero attached hydrogens (tertiary/aromatic N) is 3. The largest absolute Gasteiger partial charge is 0.450 e. The average Bonchev–Trinajstić information content (AvgIpc) is 2.63. The van der Waals surface area contributed by atoms with Gasteiger partial charge < -0.3 is 25.2 Å². The van der Waals surface area contributed by atoms with Crippen LogP contribution in [-0.2, 0) is 4.74 Å². The average molecular weight is 341 g/mol. The number of ether oxygens (including phenoxy) is 1. The number of carbonyl (C=O) groups is 2. The predicted octanol–water partition coefficient (Wildman–Crippen LogP) is 0.156. The highest BCUT2D eigenvalue weighted by Crippen LogP contribution is 2.06. The van der Waals surface area contributed by atoms with Gasteiger partial charge in [-0.2, -0.15) is 0 Å². The molecular formula is C16H31N5O3. The Morgan fingerprint density at radius 1 is 1.04 bits per heavy atom. The summed E-state index contributed by atoms with van der Waals surface area (Å²) in [6.45, 7) is 10.5. The second kappa shape index (κ2) is 10.4. The van der Waals surface area contributed by atoms with Crippen molar-refractivity contribution in [1.82, 2.24) is 25.3 Å². The first kappa shape index (κ1) is 18.8. The van der Waals surface area contributed by atoms with E-state index in [4.69, 9.17) is 4.74 Å². The molecular weight excluding hydrogens is 310 g/mol. The zero-order valence-corrected chi connectivity index (χ0v) is 14.8. The van der Waals surface area contributed by atoms with Crippen LogP contribution in [0.2, 0.25) is 0 Å². The highest BCUT2D eigenvalue weighted by atomic mass is 16.5. The number of carbonyl (C=O) groups excluding carboxylic acids is 2. The fourth-order valence-corrected chi connectivity index (χ4v) is 2.90. The van der Waals surface area contributed by atoms with Crippen molar-refractivity contribution in [3.05, 3.63) is 0 Å². The lowest BCUT2D eigenvalue weighted by atomic mass is 10.3. The Bertz CT molecular complexity index is 393. The van der Waals surface area contributed by atoms with Crippen LogP contribution in [-0.4, -0.2) is 98.9 Å². The number of alkyl carbamates (subject to hydrolysis) is 1. The Balaban J connectivity index is 1.57. The van der Waals surface area contributed by atoms with E-state index in [0.29, 0.717) is 13.2 Å². The number of amides is 3. The molecule has 2 N–H and O–H groups in total. The van der Waals surface area contributed by atoms with Crippen molar-refractivity contribution in [2.75, 3.05) is 72.1 Å². The third kappa shape index (κ3) is 6.16. The Morgan fingerprint density at radius 3 is 2.38 bits per heavy atom. The highest BCUT2D eigenvalue weighted by Gasteiger charge is 2.25. The van der Waals surface area contributed by atoms with Gasteiger partial charge >= 0.3 is 12.1 Å². The maximum atomic E-state index is 12.4. The molecule has 0 spiro atoms. The molecule has 0 aromatic heterocycles. The van der Waals surface area contributed by atoms with Crippen molar-refractivity contribution in [2.24, 2.45) is 0 Å². The van der Waals surface area contributed by atoms with Crippen molar-refractivity contribution >= 4 is 12.1 Å². The van der Waals surface area contributed by atoms with Crippen LogP contribution in [0.5, 0.6) is 0 Å². The third-order valence-corrected chi connectivity index (χ3v) is 4.46. The van der Waals surface area contributed by atoms with Gasteiger partial charge in [-0.1, -0.05) is 13.3 Å². The molecule has 138 valence electrons. The topological polar surface area (TPSA) is 77.2 Å². The van der Waals surface area contributed by atoms with E-state index in [1.54, 1.807) is 0 Å². The van der Waals surface area contributed by atoms with Gasteiger partial charge in [0.2, 0.25) is 0 Å². The molecule has 0 aromatic carbocycles. The van der Waals surface area contributed by atoms with Gasteiger partial charge in [0, 0.05) is 65.4 Å². The first-order chi connectivity index (χ1) is 11.7. The minimum atomic E-state index is -0.337. The van der Waals surface area contributed by atoms with Gasteiger partial charge in [0.25, 0.3) is 0 Å². The lowest BCUT2D eigenvalue weighted by Crippen LogP contribution is -2.56. The second-order valence-corrected chi connectivity index (χ2v) is 6.26. The maximum absolute atomic E-state index is 12.4. The van der Waals surface area contributed by atoms with E-state index in [1.807, 2.05) is 9.80 Å². The van der Waals surface area contributed by atoms with Crippen LogP contribution < -0.4 is 10.6 Å². The normalized spacial score (nSPS) is 19.2. The summed E-state index contributed by atoms with van der Waals surface area (Å²) >= 11 is 0. The number of piperazine rings is 2. The van der Waals surface area contributed by atoms with E-state index in [2.05, 4.69) is 22.5 Å². The summed E-state index contributed by atoms with van der Waals surface area (Å²) < 4.78 is 5.06. The van der Waals surface area contributed by atoms with Gasteiger partial charge in [0.15, 0.2) is 0 Å². The molecule has 2 saturated heterocycles. The number of rotatable bonds is 6. The van der Waals surface area contributed by atoms with Gasteiger partial charge in [-0.15, -0.1) is 0 Å². The van der Waals surface area contributed by atoms with E-state index in [-0.39, 0.29) is 12.1 Å². The SMILES string of the molecule is CCCCOC(=O)NCCN1CCN(C(=O)N2CCNCC2)CC1. The molecule has 0 unspecified atom stereocenters. The summed E-state index contributed by atoms with van der Waals surface area (Å²) in [5.41, 5.74) is 0. The molecule has 0 bridgehead atoms. The van der Waals surface area contributed by atoms with E-state index in [0.717, 1.165) is 71.7 Å². The molecule has 0 saturated carbocycles. The Labute approximate surface area is 144 Å². The molecule has 2 heterocycles. The number of hydrogen-bond acceptors (Lipinski definition) is 5. The van der Waals surface area contributed by atoms with Crippen LogP contribution in [0.3, 0.4) is 0 Å². The van der Waals surface area contributed by atoms with Gasteiger partial charge in [-0.3, -0.25) is 4.90 Å². The van der Waals surface area contributed by atoms with Crippen LogP contribution in [0.25, 0.3) is 0 Å². The van der Waals surface area contributed by atoms with Gasteiger partial charge in [-0.25, -0.2) is 9.59 Å². The van der Waals surface area contributed by atoms with E-state index in [1.165, 1.54) is 0 Å². The molecule has 8 nitrogen and oxygen atoms in total. The Morgan fingerprint density at radius 2 is 1.71 bits per heavy atom. The molecule has 8 heteroatoms. The smallest absolute Gasteiger partial charge is 0.407 e. The van der Waals surface area contributed by atoms with Gasteiger partial charge in [-0.05, 0) is 6.42 Å². The zero-order valence-electron chi connectivity index (χ0n) is 14.8. The number of unbranched alkanes of at least 4 members (excludes halogenated alkanes) is 1. The maximum Gasteiger partial charge on any atom is 0.407 e. The van der Waals surface area contributed by atoms with Crippen molar-refractivity contribution in [1.29, 1.82) is 0 Å². The first-order valence-electron chi connectivity index (χ1n) is 9.08. The third-order valence-electron chi connectivity index (χ3n) is 4.46. The first-order valence-corrected chi connectivity index (χ1v) is 9.08. The molecule has 2 rings (SSSR count). The molecule has 2 aliphatic rings. The fraction of sp³-hybridized carbons (Fsp3) is 0.875. The highest BCUT2D eigenvalue weighted by molar-refractivity contribution is 5.74. The van der Waals surface area contributed by atoms with Crippen LogP contribution in [0, 0.1) is 0 Å². The second-order valence-electron chi connectivity index (χ2n) is 6.26. The quantitative estimate of drug-likeness (QED) is 0.673. The van der Waals surface area contributed by atoms with Crippen LogP contribution in [0.1, 0.15) is 19.8 Å². The Kier molecular flexibility index (Phi) is 8.11. The van der Waals surface area contributed by atoms with Crippen molar-refractivity contribution in [2.45, 2.75) is 19.8 Å². The molecule has 2 aliphatic heterocycles. The molecule has 0 radical (unpaired) electrons. The van der Waals surface area contributed by atoms with Crippen molar-refractivity contribution < 1.29 is 14.3 Å². The number of hydrogen-bond donors (Lipinski definition) is 2. The molecule has 2 fully saturated rings. The fourth-order valence-electron chi connectivity index (χ4n) is 2.90. The molecule has 0 atom stereocenters. The standard InChI is InChI=1S/C16H31N5O3/c1-2-3-14-24-15(22)18-6-7-19-10-12-21(13-11-19)16(23)20-8-4-17-5-9-20/h17H,2-14H2,1H3,(H,18,22). The minimum Gasteiger partial charge on any atom is -0.450 e. The van der Waals surface area contributed by atoms with Crippen LogP contribution in [0.4, 0.5) is 9.59 Å². The summed E-state index contributed by atoms with van der Waals surface area (Å²) in [7, 11) is 0. The van der Waals surface area contributed by atoms with Crippen molar-refractivity contribution in [3.63, 3.8) is 0 Å². The molecule has 0 aromatic rings. The van der Waals surface area contributed by atoms with Crippen LogP contribution >= 0.6 is 0 Å². The zero-order chi connectivity index (χ0) is 17.2. The van der Waals surface area contributed by atoms with E-state index < -0.39 is 0 Å². The lowest BCUT2D eigenvalue weighted by molar-refractivity contribution is 0.108. The number of nitrogens with one attached hydrogen (secondary N) is 2.